The molecule has 1 heterocycles. The predicted molar refractivity (Wildman–Crippen MR) is 73.2 cm³/mol. The van der Waals surface area contributed by atoms with Crippen LogP contribution in [0.1, 0.15) is 9.67 Å². The molecule has 0 bridgehead atoms. The van der Waals surface area contributed by atoms with E-state index in [1.165, 1.54) is 6.07 Å². The molecule has 1 aromatic carbocycles. The van der Waals surface area contributed by atoms with Crippen LogP contribution in [0.4, 0.5) is 8.78 Å². The summed E-state index contributed by atoms with van der Waals surface area (Å²) in [7, 11) is 0. The molecule has 0 amide bonds. The van der Waals surface area contributed by atoms with Crippen LogP contribution < -0.4 is 4.74 Å². The van der Waals surface area contributed by atoms with E-state index in [2.05, 4.69) is 15.9 Å². The minimum absolute atomic E-state index is 0.317. The van der Waals surface area contributed by atoms with Gasteiger partial charge in [-0.05, 0) is 24.3 Å². The third kappa shape index (κ3) is 3.52. The van der Waals surface area contributed by atoms with Crippen LogP contribution >= 0.6 is 38.9 Å². The van der Waals surface area contributed by atoms with Crippen molar-refractivity contribution in [1.82, 2.24) is 0 Å². The molecule has 1 aromatic heterocycles. The maximum absolute atomic E-state index is 13.4. The summed E-state index contributed by atoms with van der Waals surface area (Å²) in [6, 6.07) is 5.37. The standard InChI is InChI=1S/C12H6BrClF2O2S/c13-6-3-7(15)12(16)9(4-6)18-5-8(17)10-1-2-11(14)19-10/h1-4H,5H2. The highest BCUT2D eigenvalue weighted by molar-refractivity contribution is 9.10. The van der Waals surface area contributed by atoms with E-state index in [4.69, 9.17) is 16.3 Å². The maximum Gasteiger partial charge on any atom is 0.210 e. The van der Waals surface area contributed by atoms with Crippen molar-refractivity contribution in [2.45, 2.75) is 0 Å². The number of Topliss-reactive ketones (excluding diaryl/α,β-unsaturated/α-hetero) is 1. The van der Waals surface area contributed by atoms with E-state index >= 15 is 0 Å². The molecule has 2 nitrogen and oxygen atoms in total. The number of ketones is 1. The number of rotatable bonds is 4. The van der Waals surface area contributed by atoms with Gasteiger partial charge in [0.05, 0.1) is 9.21 Å². The number of carbonyl (C=O) groups excluding carboxylic acids is 1. The van der Waals surface area contributed by atoms with Crippen molar-refractivity contribution in [1.29, 1.82) is 0 Å². The zero-order valence-corrected chi connectivity index (χ0v) is 12.4. The number of benzene rings is 1. The van der Waals surface area contributed by atoms with Gasteiger partial charge in [0, 0.05) is 4.47 Å². The monoisotopic (exact) mass is 366 g/mol. The Morgan fingerprint density at radius 3 is 2.74 bits per heavy atom. The highest BCUT2D eigenvalue weighted by atomic mass is 79.9. The number of hydrogen-bond acceptors (Lipinski definition) is 3. The van der Waals surface area contributed by atoms with Crippen molar-refractivity contribution < 1.29 is 18.3 Å². The maximum atomic E-state index is 13.4. The molecule has 0 aliphatic heterocycles. The quantitative estimate of drug-likeness (QED) is 0.578. The highest BCUT2D eigenvalue weighted by Crippen LogP contribution is 2.26. The van der Waals surface area contributed by atoms with Crippen LogP contribution in [0.5, 0.6) is 5.75 Å². The van der Waals surface area contributed by atoms with Crippen molar-refractivity contribution in [2.75, 3.05) is 6.61 Å². The Bertz CT molecular complexity index is 630. The summed E-state index contributed by atoms with van der Waals surface area (Å²) in [5.74, 6) is -2.84. The minimum Gasteiger partial charge on any atom is -0.482 e. The lowest BCUT2D eigenvalue weighted by atomic mass is 10.3. The van der Waals surface area contributed by atoms with E-state index in [1.54, 1.807) is 12.1 Å². The Hall–Kier alpha value is -0.980. The molecule has 0 unspecified atom stereocenters. The second-order valence-electron chi connectivity index (χ2n) is 3.52. The van der Waals surface area contributed by atoms with E-state index in [-0.39, 0.29) is 18.1 Å². The van der Waals surface area contributed by atoms with Crippen LogP contribution in [0.15, 0.2) is 28.7 Å². The third-order valence-electron chi connectivity index (χ3n) is 2.17. The van der Waals surface area contributed by atoms with Crippen LogP contribution in [0, 0.1) is 11.6 Å². The van der Waals surface area contributed by atoms with Gasteiger partial charge in [-0.3, -0.25) is 4.79 Å². The van der Waals surface area contributed by atoms with Crippen molar-refractivity contribution in [3.8, 4) is 5.75 Å². The van der Waals surface area contributed by atoms with E-state index in [9.17, 15) is 13.6 Å². The van der Waals surface area contributed by atoms with Gasteiger partial charge in [0.2, 0.25) is 11.6 Å². The summed E-state index contributed by atoms with van der Waals surface area (Å²) in [6.07, 6.45) is 0. The molecule has 7 heteroatoms. The predicted octanol–water partition coefficient (Wildman–Crippen LogP) is 4.70. The fourth-order valence-electron chi connectivity index (χ4n) is 1.32. The topological polar surface area (TPSA) is 26.3 Å². The summed E-state index contributed by atoms with van der Waals surface area (Å²) in [5.41, 5.74) is 0. The first-order chi connectivity index (χ1) is 8.97. The van der Waals surface area contributed by atoms with Gasteiger partial charge in [-0.2, -0.15) is 4.39 Å². The lowest BCUT2D eigenvalue weighted by Crippen LogP contribution is -2.11. The van der Waals surface area contributed by atoms with Crippen LogP contribution in [0.2, 0.25) is 4.34 Å². The lowest BCUT2D eigenvalue weighted by Gasteiger charge is -2.07. The third-order valence-corrected chi connectivity index (χ3v) is 3.90. The van der Waals surface area contributed by atoms with Gasteiger partial charge < -0.3 is 4.74 Å². The largest absolute Gasteiger partial charge is 0.482 e. The average molecular weight is 368 g/mol. The minimum atomic E-state index is -1.12. The van der Waals surface area contributed by atoms with Crippen molar-refractivity contribution in [3.63, 3.8) is 0 Å². The van der Waals surface area contributed by atoms with E-state index in [0.717, 1.165) is 17.4 Å². The van der Waals surface area contributed by atoms with Gasteiger partial charge in [-0.15, -0.1) is 11.3 Å². The molecule has 0 spiro atoms. The number of thiophene rings is 1. The zero-order chi connectivity index (χ0) is 14.0. The van der Waals surface area contributed by atoms with E-state index < -0.39 is 11.6 Å². The molecule has 0 aliphatic carbocycles. The SMILES string of the molecule is O=C(COc1cc(Br)cc(F)c1F)c1ccc(Cl)s1. The number of hydrogen-bond donors (Lipinski definition) is 0. The first-order valence-corrected chi connectivity index (χ1v) is 7.02. The summed E-state index contributed by atoms with van der Waals surface area (Å²) in [5, 5.41) is 0. The zero-order valence-electron chi connectivity index (χ0n) is 9.25. The van der Waals surface area contributed by atoms with Gasteiger partial charge in [0.15, 0.2) is 18.2 Å². The van der Waals surface area contributed by atoms with Crippen LogP contribution in [-0.2, 0) is 0 Å². The molecule has 0 saturated carbocycles. The van der Waals surface area contributed by atoms with Gasteiger partial charge in [0.25, 0.3) is 0 Å². The van der Waals surface area contributed by atoms with Gasteiger partial charge in [-0.1, -0.05) is 27.5 Å². The first kappa shape index (κ1) is 14.4. The van der Waals surface area contributed by atoms with Crippen LogP contribution in [0.3, 0.4) is 0 Å². The fraction of sp³-hybridized carbons (Fsp3) is 0.0833. The molecular weight excluding hydrogens is 362 g/mol. The van der Waals surface area contributed by atoms with Crippen LogP contribution in [0.25, 0.3) is 0 Å². The molecule has 0 aliphatic rings. The Morgan fingerprint density at radius 1 is 1.37 bits per heavy atom. The van der Waals surface area contributed by atoms with Crippen molar-refractivity contribution in [2.24, 2.45) is 0 Å². The summed E-state index contributed by atoms with van der Waals surface area (Å²) >= 11 is 9.81. The van der Waals surface area contributed by atoms with Crippen molar-refractivity contribution >= 4 is 44.7 Å². The van der Waals surface area contributed by atoms with E-state index in [1.807, 2.05) is 0 Å². The molecule has 0 atom stereocenters. The molecule has 19 heavy (non-hydrogen) atoms. The Morgan fingerprint density at radius 2 is 2.11 bits per heavy atom. The molecule has 2 aromatic rings. The Balaban J connectivity index is 2.09. The summed E-state index contributed by atoms with van der Waals surface area (Å²) in [4.78, 5) is 12.1. The van der Waals surface area contributed by atoms with Gasteiger partial charge >= 0.3 is 0 Å². The van der Waals surface area contributed by atoms with Crippen LogP contribution in [-0.4, -0.2) is 12.4 Å². The molecule has 0 saturated heterocycles. The Labute approximate surface area is 125 Å². The number of ether oxygens (including phenoxy) is 1. The molecule has 2 rings (SSSR count). The molecule has 100 valence electrons. The fourth-order valence-corrected chi connectivity index (χ4v) is 2.69. The molecule has 0 N–H and O–H groups in total. The first-order valence-electron chi connectivity index (χ1n) is 5.03. The Kier molecular flexibility index (Phi) is 4.54. The smallest absolute Gasteiger partial charge is 0.210 e. The highest BCUT2D eigenvalue weighted by Gasteiger charge is 2.14. The lowest BCUT2D eigenvalue weighted by molar-refractivity contribution is 0.0922. The second-order valence-corrected chi connectivity index (χ2v) is 6.15. The second kappa shape index (κ2) is 5.98. The van der Waals surface area contributed by atoms with E-state index in [0.29, 0.717) is 13.7 Å². The van der Waals surface area contributed by atoms with Gasteiger partial charge in [0.1, 0.15) is 0 Å². The van der Waals surface area contributed by atoms with Crippen molar-refractivity contribution in [3.05, 3.63) is 49.6 Å². The number of carbonyl (C=O) groups is 1. The summed E-state index contributed by atoms with van der Waals surface area (Å²) in [6.45, 7) is -0.385. The number of halogens is 4. The average Bonchev–Trinajstić information content (AvgIpc) is 2.78. The summed E-state index contributed by atoms with van der Waals surface area (Å²) < 4.78 is 32.3. The van der Waals surface area contributed by atoms with Gasteiger partial charge in [-0.25, -0.2) is 4.39 Å². The molecule has 0 fully saturated rings. The molecule has 0 radical (unpaired) electrons. The normalized spacial score (nSPS) is 10.5. The molecular formula is C12H6BrClF2O2S.